The number of ketones is 1. The molecule has 0 radical (unpaired) electrons. The molecule has 5 rings (SSSR count). The molecule has 0 saturated heterocycles. The van der Waals surface area contributed by atoms with Crippen LogP contribution < -0.4 is 9.47 Å². The molecule has 0 unspecified atom stereocenters. The molecule has 0 spiro atoms. The molecule has 0 amide bonds. The SMILES string of the molecule is CC.CC.CSc1ccc(Cn2nc(C(C)=O)c3ccccc32)cc1.Cc1ccc2c(c1)OCCO2. The van der Waals surface area contributed by atoms with Crippen molar-refractivity contribution in [2.24, 2.45) is 0 Å². The average molecular weight is 507 g/mol. The van der Waals surface area contributed by atoms with Gasteiger partial charge in [-0.2, -0.15) is 5.10 Å². The number of aryl methyl sites for hydroxylation is 1. The second kappa shape index (κ2) is 15.0. The van der Waals surface area contributed by atoms with Gasteiger partial charge in [-0.25, -0.2) is 0 Å². The van der Waals surface area contributed by atoms with E-state index in [1.165, 1.54) is 16.0 Å². The number of carbonyl (C=O) groups is 1. The van der Waals surface area contributed by atoms with Gasteiger partial charge in [-0.3, -0.25) is 9.48 Å². The van der Waals surface area contributed by atoms with Crippen LogP contribution in [0.15, 0.2) is 71.6 Å². The first-order chi connectivity index (χ1) is 17.5. The molecule has 36 heavy (non-hydrogen) atoms. The van der Waals surface area contributed by atoms with E-state index in [9.17, 15) is 4.79 Å². The van der Waals surface area contributed by atoms with Crippen molar-refractivity contribution >= 4 is 28.4 Å². The summed E-state index contributed by atoms with van der Waals surface area (Å²) in [6.07, 6.45) is 2.06. The van der Waals surface area contributed by atoms with E-state index in [-0.39, 0.29) is 5.78 Å². The molecule has 0 bridgehead atoms. The lowest BCUT2D eigenvalue weighted by Gasteiger charge is -2.18. The third-order valence-corrected chi connectivity index (χ3v) is 5.92. The van der Waals surface area contributed by atoms with E-state index in [1.807, 2.05) is 81.8 Å². The first-order valence-electron chi connectivity index (χ1n) is 12.5. The van der Waals surface area contributed by atoms with E-state index in [1.54, 1.807) is 18.7 Å². The summed E-state index contributed by atoms with van der Waals surface area (Å²) in [5.41, 5.74) is 3.92. The number of ether oxygens (including phenoxy) is 2. The van der Waals surface area contributed by atoms with Crippen LogP contribution in [-0.4, -0.2) is 35.0 Å². The summed E-state index contributed by atoms with van der Waals surface area (Å²) in [6, 6.07) is 22.3. The molecule has 6 heteroatoms. The number of para-hydroxylation sites is 1. The van der Waals surface area contributed by atoms with Crippen LogP contribution in [0.25, 0.3) is 10.9 Å². The minimum atomic E-state index is 0.00248. The van der Waals surface area contributed by atoms with Gasteiger partial charge in [0.05, 0.1) is 12.1 Å². The van der Waals surface area contributed by atoms with Crippen LogP contribution in [0.3, 0.4) is 0 Å². The molecule has 2 heterocycles. The van der Waals surface area contributed by atoms with Gasteiger partial charge in [0, 0.05) is 17.2 Å². The van der Waals surface area contributed by atoms with E-state index >= 15 is 0 Å². The first kappa shape index (κ1) is 29.0. The van der Waals surface area contributed by atoms with Crippen molar-refractivity contribution < 1.29 is 14.3 Å². The number of thioether (sulfide) groups is 1. The van der Waals surface area contributed by atoms with Crippen LogP contribution in [0.2, 0.25) is 0 Å². The Bertz CT molecular complexity index is 1230. The van der Waals surface area contributed by atoms with Crippen molar-refractivity contribution in [1.82, 2.24) is 9.78 Å². The van der Waals surface area contributed by atoms with Crippen molar-refractivity contribution in [3.05, 3.63) is 83.6 Å². The number of rotatable bonds is 4. The zero-order valence-electron chi connectivity index (χ0n) is 22.5. The molecule has 0 atom stereocenters. The second-order valence-corrected chi connectivity index (χ2v) is 8.45. The van der Waals surface area contributed by atoms with Crippen molar-refractivity contribution in [3.8, 4) is 11.5 Å². The maximum atomic E-state index is 11.7. The van der Waals surface area contributed by atoms with Crippen LogP contribution in [0.1, 0.15) is 56.2 Å². The van der Waals surface area contributed by atoms with Gasteiger partial charge in [0.15, 0.2) is 17.3 Å². The Hall–Kier alpha value is -3.25. The summed E-state index contributed by atoms with van der Waals surface area (Å²) in [7, 11) is 0. The summed E-state index contributed by atoms with van der Waals surface area (Å²) in [6.45, 7) is 13.6. The van der Waals surface area contributed by atoms with Gasteiger partial charge in [-0.15, -0.1) is 11.8 Å². The van der Waals surface area contributed by atoms with Crippen molar-refractivity contribution in [2.45, 2.75) is 53.0 Å². The Morgan fingerprint density at radius 3 is 2.19 bits per heavy atom. The minimum absolute atomic E-state index is 0.00248. The van der Waals surface area contributed by atoms with Crippen LogP contribution in [0.4, 0.5) is 0 Å². The molecule has 1 aliphatic rings. The van der Waals surface area contributed by atoms with Crippen molar-refractivity contribution in [3.63, 3.8) is 0 Å². The maximum absolute atomic E-state index is 11.7. The van der Waals surface area contributed by atoms with Gasteiger partial charge >= 0.3 is 0 Å². The van der Waals surface area contributed by atoms with Crippen LogP contribution in [0, 0.1) is 6.92 Å². The molecule has 1 aliphatic heterocycles. The maximum Gasteiger partial charge on any atom is 0.180 e. The van der Waals surface area contributed by atoms with Gasteiger partial charge in [-0.05, 0) is 54.6 Å². The number of fused-ring (bicyclic) bond motifs is 2. The second-order valence-electron chi connectivity index (χ2n) is 7.57. The Labute approximate surface area is 219 Å². The Kier molecular flexibility index (Phi) is 12.1. The molecule has 1 aromatic heterocycles. The van der Waals surface area contributed by atoms with Crippen LogP contribution in [-0.2, 0) is 6.54 Å². The van der Waals surface area contributed by atoms with Gasteiger partial charge in [0.25, 0.3) is 0 Å². The molecule has 192 valence electrons. The molecular formula is C30H38N2O3S. The molecule has 0 aliphatic carbocycles. The standard InChI is InChI=1S/C17H16N2OS.C9H10O2.2C2H6/c1-12(20)17-15-5-3-4-6-16(15)19(18-17)11-13-7-9-14(21-2)10-8-13;1-7-2-3-8-9(6-7)11-5-4-10-8;2*1-2/h3-10H,11H2,1-2H3;2-3,6H,4-5H2,1H3;2*1-2H3. The number of carbonyl (C=O) groups excluding carboxylic acids is 1. The van der Waals surface area contributed by atoms with Crippen LogP contribution >= 0.6 is 11.8 Å². The Morgan fingerprint density at radius 1 is 0.917 bits per heavy atom. The first-order valence-corrected chi connectivity index (χ1v) is 13.7. The highest BCUT2D eigenvalue weighted by Crippen LogP contribution is 2.30. The smallest absolute Gasteiger partial charge is 0.180 e. The summed E-state index contributed by atoms with van der Waals surface area (Å²) >= 11 is 1.73. The van der Waals surface area contributed by atoms with E-state index in [4.69, 9.17) is 9.47 Å². The highest BCUT2D eigenvalue weighted by atomic mass is 32.2. The fourth-order valence-electron chi connectivity index (χ4n) is 3.56. The predicted octanol–water partition coefficient (Wildman–Crippen LogP) is 7.83. The number of benzene rings is 3. The zero-order chi connectivity index (χ0) is 26.5. The largest absolute Gasteiger partial charge is 0.486 e. The fourth-order valence-corrected chi connectivity index (χ4v) is 3.97. The molecule has 3 aromatic carbocycles. The highest BCUT2D eigenvalue weighted by molar-refractivity contribution is 7.98. The summed E-state index contributed by atoms with van der Waals surface area (Å²) < 4.78 is 12.6. The molecule has 5 nitrogen and oxygen atoms in total. The van der Waals surface area contributed by atoms with E-state index < -0.39 is 0 Å². The Morgan fingerprint density at radius 2 is 1.56 bits per heavy atom. The predicted molar refractivity (Wildman–Crippen MR) is 152 cm³/mol. The van der Waals surface area contributed by atoms with Gasteiger partial charge in [0.1, 0.15) is 18.9 Å². The highest BCUT2D eigenvalue weighted by Gasteiger charge is 2.13. The number of hydrogen-bond donors (Lipinski definition) is 0. The lowest BCUT2D eigenvalue weighted by molar-refractivity contribution is 0.101. The monoisotopic (exact) mass is 506 g/mol. The third kappa shape index (κ3) is 7.62. The summed E-state index contributed by atoms with van der Waals surface area (Å²) in [4.78, 5) is 13.0. The summed E-state index contributed by atoms with van der Waals surface area (Å²) in [5.74, 6) is 1.74. The summed E-state index contributed by atoms with van der Waals surface area (Å²) in [5, 5.41) is 5.41. The quantitative estimate of drug-likeness (QED) is 0.208. The average Bonchev–Trinajstić information content (AvgIpc) is 3.30. The number of nitrogens with zero attached hydrogens (tertiary/aromatic N) is 2. The molecular weight excluding hydrogens is 468 g/mol. The lowest BCUT2D eigenvalue weighted by Crippen LogP contribution is -2.15. The van der Waals surface area contributed by atoms with Crippen molar-refractivity contribution in [1.29, 1.82) is 0 Å². The van der Waals surface area contributed by atoms with E-state index in [0.717, 1.165) is 22.4 Å². The van der Waals surface area contributed by atoms with E-state index in [0.29, 0.717) is 25.5 Å². The van der Waals surface area contributed by atoms with Gasteiger partial charge in [0.2, 0.25) is 0 Å². The van der Waals surface area contributed by atoms with Gasteiger partial charge in [-0.1, -0.05) is 64.1 Å². The van der Waals surface area contributed by atoms with E-state index in [2.05, 4.69) is 35.6 Å². The number of hydrogen-bond acceptors (Lipinski definition) is 5. The normalized spacial score (nSPS) is 11.2. The molecule has 4 aromatic rings. The molecule has 0 N–H and O–H groups in total. The topological polar surface area (TPSA) is 53.4 Å². The fraction of sp³-hybridized carbons (Fsp3) is 0.333. The molecule has 0 saturated carbocycles. The zero-order valence-corrected chi connectivity index (χ0v) is 23.3. The van der Waals surface area contributed by atoms with Crippen molar-refractivity contribution in [2.75, 3.05) is 19.5 Å². The molecule has 0 fully saturated rings. The number of aromatic nitrogens is 2. The number of Topliss-reactive ketones (excluding diaryl/α,β-unsaturated/α-hetero) is 1. The third-order valence-electron chi connectivity index (χ3n) is 5.18. The minimum Gasteiger partial charge on any atom is -0.486 e. The lowest BCUT2D eigenvalue weighted by atomic mass is 10.1. The van der Waals surface area contributed by atoms with Crippen LogP contribution in [0.5, 0.6) is 11.5 Å². The van der Waals surface area contributed by atoms with Gasteiger partial charge < -0.3 is 9.47 Å². The Balaban J connectivity index is 0.000000256.